The zero-order valence-corrected chi connectivity index (χ0v) is 18.8. The quantitative estimate of drug-likeness (QED) is 0.661. The summed E-state index contributed by atoms with van der Waals surface area (Å²) in [6, 6.07) is 12.2. The molecule has 33 heavy (non-hydrogen) atoms. The Morgan fingerprint density at radius 3 is 2.82 bits per heavy atom. The van der Waals surface area contributed by atoms with Gasteiger partial charge < -0.3 is 15.4 Å². The molecule has 0 bridgehead atoms. The molecule has 1 saturated heterocycles. The summed E-state index contributed by atoms with van der Waals surface area (Å²) in [6.45, 7) is 5.01. The number of hydrogen-bond donors (Lipinski definition) is 1. The van der Waals surface area contributed by atoms with E-state index in [1.54, 1.807) is 12.4 Å². The van der Waals surface area contributed by atoms with Crippen molar-refractivity contribution in [3.8, 4) is 11.1 Å². The minimum absolute atomic E-state index is 0.139. The van der Waals surface area contributed by atoms with Crippen molar-refractivity contribution in [1.82, 2.24) is 19.9 Å². The number of amides is 1. The van der Waals surface area contributed by atoms with Crippen LogP contribution in [-0.4, -0.2) is 58.5 Å². The molecule has 4 heterocycles. The lowest BCUT2D eigenvalue weighted by molar-refractivity contribution is -0.122. The fourth-order valence-corrected chi connectivity index (χ4v) is 4.61. The van der Waals surface area contributed by atoms with Gasteiger partial charge >= 0.3 is 0 Å². The number of ether oxygens (including phenoxy) is 1. The molecule has 2 aliphatic rings. The first kappa shape index (κ1) is 21.5. The summed E-state index contributed by atoms with van der Waals surface area (Å²) in [5.74, 6) is 0.386. The van der Waals surface area contributed by atoms with Crippen LogP contribution < -0.4 is 10.6 Å². The number of morpholine rings is 1. The number of nitrogens with two attached hydrogens (primary N) is 1. The molecule has 2 aromatic heterocycles. The molecular weight excluding hydrogens is 416 g/mol. The number of hydrogen-bond acceptors (Lipinski definition) is 7. The average Bonchev–Trinajstić information content (AvgIpc) is 2.84. The van der Waals surface area contributed by atoms with Gasteiger partial charge in [-0.05, 0) is 49.1 Å². The van der Waals surface area contributed by atoms with Crippen molar-refractivity contribution in [2.45, 2.75) is 25.9 Å². The third-order valence-corrected chi connectivity index (χ3v) is 6.23. The summed E-state index contributed by atoms with van der Waals surface area (Å²) in [5.41, 5.74) is 11.5. The maximum absolute atomic E-state index is 13.2. The van der Waals surface area contributed by atoms with Gasteiger partial charge in [-0.2, -0.15) is 0 Å². The summed E-state index contributed by atoms with van der Waals surface area (Å²) < 4.78 is 6.06. The predicted molar refractivity (Wildman–Crippen MR) is 127 cm³/mol. The smallest absolute Gasteiger partial charge is 0.241 e. The van der Waals surface area contributed by atoms with Crippen LogP contribution in [0.3, 0.4) is 0 Å². The number of carbonyl (C=O) groups is 1. The van der Waals surface area contributed by atoms with Crippen LogP contribution >= 0.6 is 0 Å². The highest BCUT2D eigenvalue weighted by molar-refractivity contribution is 5.96. The molecular formula is C25H28N6O2. The van der Waals surface area contributed by atoms with Crippen molar-refractivity contribution in [3.05, 3.63) is 65.7 Å². The second kappa shape index (κ2) is 9.25. The lowest BCUT2D eigenvalue weighted by Crippen LogP contribution is -2.47. The number of nitrogen functional groups attached to an aromatic ring is 1. The molecule has 1 atom stereocenters. The van der Waals surface area contributed by atoms with Crippen molar-refractivity contribution in [3.63, 3.8) is 0 Å². The molecule has 0 saturated carbocycles. The lowest BCUT2D eigenvalue weighted by atomic mass is 10.0. The molecule has 1 amide bonds. The maximum Gasteiger partial charge on any atom is 0.241 e. The first-order valence-electron chi connectivity index (χ1n) is 11.4. The van der Waals surface area contributed by atoms with Gasteiger partial charge in [-0.25, -0.2) is 9.97 Å². The van der Waals surface area contributed by atoms with Crippen molar-refractivity contribution >= 4 is 17.5 Å². The first-order chi connectivity index (χ1) is 16.1. The Bertz CT molecular complexity index is 1150. The van der Waals surface area contributed by atoms with E-state index in [4.69, 9.17) is 15.5 Å². The van der Waals surface area contributed by atoms with Gasteiger partial charge in [0.2, 0.25) is 11.9 Å². The number of anilines is 2. The molecule has 170 valence electrons. The van der Waals surface area contributed by atoms with Crippen LogP contribution in [0.4, 0.5) is 11.6 Å². The molecule has 0 radical (unpaired) electrons. The van der Waals surface area contributed by atoms with Crippen LogP contribution in [0, 0.1) is 6.92 Å². The first-order valence-corrected chi connectivity index (χ1v) is 11.4. The number of para-hydroxylation sites is 1. The predicted octanol–water partition coefficient (Wildman–Crippen LogP) is 2.78. The van der Waals surface area contributed by atoms with Crippen LogP contribution in [0.25, 0.3) is 11.1 Å². The van der Waals surface area contributed by atoms with Gasteiger partial charge in [-0.3, -0.25) is 14.7 Å². The van der Waals surface area contributed by atoms with Crippen LogP contribution in [0.15, 0.2) is 48.8 Å². The molecule has 0 spiro atoms. The minimum atomic E-state index is -0.200. The topological polar surface area (TPSA) is 97.5 Å². The Morgan fingerprint density at radius 2 is 1.97 bits per heavy atom. The third-order valence-electron chi connectivity index (χ3n) is 6.23. The highest BCUT2D eigenvalue weighted by Gasteiger charge is 2.28. The van der Waals surface area contributed by atoms with Crippen molar-refractivity contribution in [2.24, 2.45) is 0 Å². The molecule has 2 N–H and O–H groups in total. The second-order valence-corrected chi connectivity index (χ2v) is 8.62. The Labute approximate surface area is 193 Å². The Balaban J connectivity index is 1.30. The zero-order valence-electron chi connectivity index (χ0n) is 18.8. The van der Waals surface area contributed by atoms with Crippen molar-refractivity contribution in [2.75, 3.05) is 43.4 Å². The lowest BCUT2D eigenvalue weighted by Gasteiger charge is -2.35. The largest absolute Gasteiger partial charge is 0.369 e. The number of aryl methyl sites for hydroxylation is 2. The SMILES string of the molecule is Cc1cc(-c2cnc(N)nc2)cc(C2CN(CC(=O)N3CCCc4ccccc43)CCO2)n1. The van der Waals surface area contributed by atoms with E-state index in [0.717, 1.165) is 54.1 Å². The molecule has 1 aromatic carbocycles. The maximum atomic E-state index is 13.2. The Hall–Kier alpha value is -3.36. The summed E-state index contributed by atoms with van der Waals surface area (Å²) in [6.07, 6.45) is 5.25. The van der Waals surface area contributed by atoms with E-state index in [-0.39, 0.29) is 18.0 Å². The van der Waals surface area contributed by atoms with E-state index in [9.17, 15) is 4.79 Å². The summed E-state index contributed by atoms with van der Waals surface area (Å²) >= 11 is 0. The molecule has 0 aliphatic carbocycles. The van der Waals surface area contributed by atoms with E-state index in [0.29, 0.717) is 19.7 Å². The fourth-order valence-electron chi connectivity index (χ4n) is 4.61. The molecule has 1 fully saturated rings. The van der Waals surface area contributed by atoms with E-state index in [1.807, 2.05) is 42.2 Å². The number of pyridine rings is 1. The van der Waals surface area contributed by atoms with Crippen LogP contribution in [0.5, 0.6) is 0 Å². The number of rotatable bonds is 4. The van der Waals surface area contributed by atoms with Gasteiger partial charge in [0, 0.05) is 49.0 Å². The third kappa shape index (κ3) is 4.72. The summed E-state index contributed by atoms with van der Waals surface area (Å²) in [5, 5.41) is 0. The number of aromatic nitrogens is 3. The second-order valence-electron chi connectivity index (χ2n) is 8.62. The molecule has 3 aromatic rings. The number of benzene rings is 1. The Morgan fingerprint density at radius 1 is 1.15 bits per heavy atom. The highest BCUT2D eigenvalue weighted by Crippen LogP contribution is 2.29. The van der Waals surface area contributed by atoms with Crippen LogP contribution in [0.2, 0.25) is 0 Å². The van der Waals surface area contributed by atoms with E-state index >= 15 is 0 Å². The summed E-state index contributed by atoms with van der Waals surface area (Å²) in [4.78, 5) is 30.2. The van der Waals surface area contributed by atoms with E-state index in [2.05, 4.69) is 20.9 Å². The molecule has 2 aliphatic heterocycles. The van der Waals surface area contributed by atoms with Gasteiger partial charge in [-0.1, -0.05) is 18.2 Å². The minimum Gasteiger partial charge on any atom is -0.369 e. The van der Waals surface area contributed by atoms with E-state index in [1.165, 1.54) is 5.56 Å². The van der Waals surface area contributed by atoms with Crippen LogP contribution in [-0.2, 0) is 16.0 Å². The van der Waals surface area contributed by atoms with Gasteiger partial charge in [0.05, 0.1) is 18.8 Å². The van der Waals surface area contributed by atoms with Crippen LogP contribution in [0.1, 0.15) is 29.5 Å². The average molecular weight is 445 g/mol. The Kier molecular flexibility index (Phi) is 6.02. The van der Waals surface area contributed by atoms with Gasteiger partial charge in [0.15, 0.2) is 0 Å². The van der Waals surface area contributed by atoms with Gasteiger partial charge in [-0.15, -0.1) is 0 Å². The molecule has 5 rings (SSSR count). The monoisotopic (exact) mass is 444 g/mol. The molecule has 1 unspecified atom stereocenters. The highest BCUT2D eigenvalue weighted by atomic mass is 16.5. The molecule has 8 nitrogen and oxygen atoms in total. The van der Waals surface area contributed by atoms with E-state index < -0.39 is 0 Å². The van der Waals surface area contributed by atoms with Gasteiger partial charge in [0.25, 0.3) is 0 Å². The number of fused-ring (bicyclic) bond motifs is 1. The van der Waals surface area contributed by atoms with Crippen molar-refractivity contribution < 1.29 is 9.53 Å². The normalized spacial score (nSPS) is 18.7. The number of carbonyl (C=O) groups excluding carboxylic acids is 1. The fraction of sp³-hybridized carbons (Fsp3) is 0.360. The van der Waals surface area contributed by atoms with Crippen molar-refractivity contribution in [1.29, 1.82) is 0 Å². The van der Waals surface area contributed by atoms with Gasteiger partial charge in [0.1, 0.15) is 6.10 Å². The molecule has 8 heteroatoms. The zero-order chi connectivity index (χ0) is 22.8. The number of nitrogens with zero attached hydrogens (tertiary/aromatic N) is 5. The standard InChI is InChI=1S/C25H28N6O2/c1-17-11-19(20-13-27-25(26)28-14-20)12-21(29-17)23-15-30(9-10-33-23)16-24(32)31-8-4-6-18-5-2-3-7-22(18)31/h2-3,5,7,11-14,23H,4,6,8-10,15-16H2,1H3,(H2,26,27,28). The summed E-state index contributed by atoms with van der Waals surface area (Å²) in [7, 11) is 0.